The summed E-state index contributed by atoms with van der Waals surface area (Å²) in [6.07, 6.45) is 2.21. The van der Waals surface area contributed by atoms with Crippen molar-refractivity contribution in [2.75, 3.05) is 5.75 Å². The van der Waals surface area contributed by atoms with Gasteiger partial charge in [0.1, 0.15) is 11.5 Å². The maximum atomic E-state index is 11.5. The van der Waals surface area contributed by atoms with Crippen molar-refractivity contribution >= 4 is 17.7 Å². The van der Waals surface area contributed by atoms with E-state index in [-0.39, 0.29) is 12.8 Å². The molecule has 0 aliphatic rings. The summed E-state index contributed by atoms with van der Waals surface area (Å²) in [4.78, 5) is 18.7. The lowest BCUT2D eigenvalue weighted by molar-refractivity contribution is 0.356. The van der Waals surface area contributed by atoms with Gasteiger partial charge >= 0.3 is 7.60 Å². The van der Waals surface area contributed by atoms with Crippen molar-refractivity contribution in [3.63, 3.8) is 0 Å². The van der Waals surface area contributed by atoms with Crippen molar-refractivity contribution in [3.05, 3.63) is 59.7 Å². The standard InChI is InChI=1S/C19H25O7PS/c1-2-4-15-7-10-17(11-8-15)26-18-6-3-5-16(13-18)9-12-19(27(20,21)22)14-28(23,24)25/h3,5-8,10-11,13,19H,2,4,9,12,14H2,1H3,(H2,20,21,22)(H,23,24,25). The maximum absolute atomic E-state index is 11.5. The van der Waals surface area contributed by atoms with Crippen molar-refractivity contribution in [2.45, 2.75) is 38.3 Å². The molecule has 0 saturated heterocycles. The molecule has 0 radical (unpaired) electrons. The highest BCUT2D eigenvalue weighted by Gasteiger charge is 2.32. The third kappa shape index (κ3) is 7.73. The summed E-state index contributed by atoms with van der Waals surface area (Å²) in [5, 5.41) is 0. The van der Waals surface area contributed by atoms with Crippen LogP contribution in [0.3, 0.4) is 0 Å². The zero-order valence-corrected chi connectivity index (χ0v) is 17.3. The Balaban J connectivity index is 2.04. The zero-order chi connectivity index (χ0) is 20.8. The third-order valence-electron chi connectivity index (χ3n) is 4.24. The molecule has 0 spiro atoms. The molecule has 0 aliphatic carbocycles. The Morgan fingerprint density at radius 2 is 1.68 bits per heavy atom. The Kier molecular flexibility index (Phi) is 7.80. The number of ether oxygens (including phenoxy) is 1. The second-order valence-electron chi connectivity index (χ2n) is 6.67. The smallest absolute Gasteiger partial charge is 0.329 e. The molecule has 0 heterocycles. The molecule has 2 aromatic carbocycles. The predicted molar refractivity (Wildman–Crippen MR) is 108 cm³/mol. The van der Waals surface area contributed by atoms with Gasteiger partial charge in [0.2, 0.25) is 0 Å². The molecule has 0 aliphatic heterocycles. The van der Waals surface area contributed by atoms with Gasteiger partial charge < -0.3 is 14.5 Å². The first kappa shape index (κ1) is 22.6. The first-order valence-electron chi connectivity index (χ1n) is 8.93. The van der Waals surface area contributed by atoms with Gasteiger partial charge in [-0.1, -0.05) is 37.6 Å². The lowest BCUT2D eigenvalue weighted by Crippen LogP contribution is -2.21. The van der Waals surface area contributed by atoms with E-state index in [0.717, 1.165) is 18.4 Å². The normalized spacial score (nSPS) is 13.3. The van der Waals surface area contributed by atoms with Crippen LogP contribution in [0, 0.1) is 0 Å². The molecule has 3 N–H and O–H groups in total. The van der Waals surface area contributed by atoms with E-state index in [1.807, 2.05) is 24.3 Å². The van der Waals surface area contributed by atoms with Crippen LogP contribution in [0.2, 0.25) is 0 Å². The van der Waals surface area contributed by atoms with Gasteiger partial charge in [0, 0.05) is 0 Å². The van der Waals surface area contributed by atoms with E-state index in [9.17, 15) is 22.8 Å². The van der Waals surface area contributed by atoms with Crippen LogP contribution < -0.4 is 4.74 Å². The lowest BCUT2D eigenvalue weighted by Gasteiger charge is -2.17. The van der Waals surface area contributed by atoms with E-state index in [1.54, 1.807) is 24.3 Å². The monoisotopic (exact) mass is 428 g/mol. The Hall–Kier alpha value is -1.70. The molecule has 0 fully saturated rings. The summed E-state index contributed by atoms with van der Waals surface area (Å²) in [5.74, 6) is 0.275. The number of aryl methyl sites for hydroxylation is 2. The Morgan fingerprint density at radius 3 is 2.25 bits per heavy atom. The molecule has 2 rings (SSSR count). The number of hydrogen-bond donors (Lipinski definition) is 3. The molecule has 154 valence electrons. The fraction of sp³-hybridized carbons (Fsp3) is 0.368. The largest absolute Gasteiger partial charge is 0.457 e. The summed E-state index contributed by atoms with van der Waals surface area (Å²) in [6, 6.07) is 14.8. The van der Waals surface area contributed by atoms with E-state index >= 15 is 0 Å². The fourth-order valence-electron chi connectivity index (χ4n) is 2.84. The highest BCUT2D eigenvalue weighted by atomic mass is 32.2. The van der Waals surface area contributed by atoms with Crippen LogP contribution in [0.25, 0.3) is 0 Å². The molecule has 0 bridgehead atoms. The van der Waals surface area contributed by atoms with Gasteiger partial charge in [-0.25, -0.2) is 0 Å². The second kappa shape index (κ2) is 9.67. The summed E-state index contributed by atoms with van der Waals surface area (Å²) >= 11 is 0. The minimum Gasteiger partial charge on any atom is -0.457 e. The van der Waals surface area contributed by atoms with Gasteiger partial charge in [-0.3, -0.25) is 9.12 Å². The maximum Gasteiger partial charge on any atom is 0.329 e. The number of hydrogen-bond acceptors (Lipinski definition) is 4. The van der Waals surface area contributed by atoms with Crippen molar-refractivity contribution in [1.82, 2.24) is 0 Å². The molecule has 0 saturated carbocycles. The molecule has 2 aromatic rings. The van der Waals surface area contributed by atoms with Gasteiger partial charge in [0.25, 0.3) is 10.1 Å². The van der Waals surface area contributed by atoms with E-state index in [4.69, 9.17) is 9.29 Å². The molecule has 28 heavy (non-hydrogen) atoms. The van der Waals surface area contributed by atoms with Crippen LogP contribution in [-0.4, -0.2) is 34.2 Å². The van der Waals surface area contributed by atoms with Crippen molar-refractivity contribution in [2.24, 2.45) is 0 Å². The van der Waals surface area contributed by atoms with Gasteiger partial charge in [0.15, 0.2) is 0 Å². The Morgan fingerprint density at radius 1 is 1.00 bits per heavy atom. The SMILES string of the molecule is CCCc1ccc(Oc2cccc(CCC(CS(=O)(=O)O)P(=O)(O)O)c2)cc1. The van der Waals surface area contributed by atoms with Crippen molar-refractivity contribution < 1.29 is 32.1 Å². The molecular weight excluding hydrogens is 403 g/mol. The van der Waals surface area contributed by atoms with Crippen LogP contribution in [0.1, 0.15) is 30.9 Å². The topological polar surface area (TPSA) is 121 Å². The molecule has 1 atom stereocenters. The average molecular weight is 428 g/mol. The van der Waals surface area contributed by atoms with Crippen LogP contribution in [-0.2, 0) is 27.5 Å². The summed E-state index contributed by atoms with van der Waals surface area (Å²) in [7, 11) is -9.14. The third-order valence-corrected chi connectivity index (χ3v) is 6.70. The Labute approximate surface area is 165 Å². The van der Waals surface area contributed by atoms with Crippen LogP contribution in [0.4, 0.5) is 0 Å². The molecule has 1 unspecified atom stereocenters. The average Bonchev–Trinajstić information content (AvgIpc) is 2.59. The van der Waals surface area contributed by atoms with Crippen molar-refractivity contribution in [1.29, 1.82) is 0 Å². The number of benzene rings is 2. The van der Waals surface area contributed by atoms with E-state index in [0.29, 0.717) is 11.5 Å². The van der Waals surface area contributed by atoms with Gasteiger partial charge in [-0.2, -0.15) is 8.42 Å². The minimum absolute atomic E-state index is 0.0841. The van der Waals surface area contributed by atoms with E-state index in [2.05, 4.69) is 6.92 Å². The molecular formula is C19H25O7PS. The molecule has 9 heteroatoms. The first-order chi connectivity index (χ1) is 13.1. The van der Waals surface area contributed by atoms with Crippen molar-refractivity contribution in [3.8, 4) is 11.5 Å². The second-order valence-corrected chi connectivity index (χ2v) is 10.1. The van der Waals surface area contributed by atoms with Gasteiger partial charge in [0.05, 0.1) is 11.4 Å². The van der Waals surface area contributed by atoms with Gasteiger partial charge in [-0.05, 0) is 54.7 Å². The zero-order valence-electron chi connectivity index (χ0n) is 15.6. The predicted octanol–water partition coefficient (Wildman–Crippen LogP) is 3.80. The van der Waals surface area contributed by atoms with E-state index < -0.39 is 29.1 Å². The Bertz CT molecular complexity index is 920. The van der Waals surface area contributed by atoms with Crippen LogP contribution in [0.5, 0.6) is 11.5 Å². The molecule has 0 aromatic heterocycles. The minimum atomic E-state index is -4.66. The highest BCUT2D eigenvalue weighted by Crippen LogP contribution is 2.44. The molecule has 7 nitrogen and oxygen atoms in total. The van der Waals surface area contributed by atoms with Crippen LogP contribution in [0.15, 0.2) is 48.5 Å². The summed E-state index contributed by atoms with van der Waals surface area (Å²) in [5.41, 5.74) is 0.512. The number of rotatable bonds is 10. The summed E-state index contributed by atoms with van der Waals surface area (Å²) in [6.45, 7) is 2.11. The van der Waals surface area contributed by atoms with Gasteiger partial charge in [-0.15, -0.1) is 0 Å². The summed E-state index contributed by atoms with van der Waals surface area (Å²) < 4.78 is 48.3. The fourth-order valence-corrected chi connectivity index (χ4v) is 5.30. The quantitative estimate of drug-likeness (QED) is 0.389. The first-order valence-corrected chi connectivity index (χ1v) is 12.2. The highest BCUT2D eigenvalue weighted by molar-refractivity contribution is 7.86. The van der Waals surface area contributed by atoms with E-state index in [1.165, 1.54) is 5.56 Å². The van der Waals surface area contributed by atoms with Crippen LogP contribution >= 0.6 is 7.60 Å². The molecule has 0 amide bonds. The lowest BCUT2D eigenvalue weighted by atomic mass is 10.1.